The molecule has 22 heavy (non-hydrogen) atoms. The first kappa shape index (κ1) is 20.9. The lowest BCUT2D eigenvalue weighted by Gasteiger charge is -2.22. The van der Waals surface area contributed by atoms with Gasteiger partial charge in [0.05, 0.1) is 0 Å². The van der Waals surface area contributed by atoms with Crippen molar-refractivity contribution >= 4 is 11.9 Å². The molecule has 0 aliphatic carbocycles. The van der Waals surface area contributed by atoms with Gasteiger partial charge < -0.3 is 9.84 Å². The summed E-state index contributed by atoms with van der Waals surface area (Å²) in [6, 6.07) is 0. The minimum atomic E-state index is -1.08. The highest BCUT2D eigenvalue weighted by Crippen LogP contribution is 2.18. The molecule has 0 fully saturated rings. The quantitative estimate of drug-likeness (QED) is 0.314. The fraction of sp³-hybridized carbons (Fsp3) is 0.889. The van der Waals surface area contributed by atoms with E-state index in [1.165, 1.54) is 38.5 Å². The average molecular weight is 314 g/mol. The van der Waals surface area contributed by atoms with Crippen LogP contribution >= 0.6 is 0 Å². The molecular weight excluding hydrogens is 280 g/mol. The Morgan fingerprint density at radius 3 is 1.77 bits per heavy atom. The highest BCUT2D eigenvalue weighted by atomic mass is 16.6. The second-order valence-electron chi connectivity index (χ2n) is 7.04. The van der Waals surface area contributed by atoms with Crippen molar-refractivity contribution in [2.24, 2.45) is 5.92 Å². The zero-order chi connectivity index (χ0) is 17.0. The van der Waals surface area contributed by atoms with Crippen LogP contribution in [-0.2, 0) is 14.3 Å². The van der Waals surface area contributed by atoms with Gasteiger partial charge in [0.2, 0.25) is 0 Å². The molecule has 0 amide bonds. The number of ether oxygens (including phenoxy) is 1. The number of hydrogen-bond donors (Lipinski definition) is 1. The Labute approximate surface area is 135 Å². The molecule has 4 nitrogen and oxygen atoms in total. The highest BCUT2D eigenvalue weighted by molar-refractivity contribution is 5.94. The number of rotatable bonds is 12. The van der Waals surface area contributed by atoms with Crippen LogP contribution in [0.4, 0.5) is 0 Å². The van der Waals surface area contributed by atoms with Crippen LogP contribution < -0.4 is 0 Å². The van der Waals surface area contributed by atoms with E-state index in [1.807, 2.05) is 0 Å². The third-order valence-corrected chi connectivity index (χ3v) is 3.59. The lowest BCUT2D eigenvalue weighted by atomic mass is 9.99. The van der Waals surface area contributed by atoms with Crippen molar-refractivity contribution in [1.29, 1.82) is 0 Å². The van der Waals surface area contributed by atoms with Gasteiger partial charge in [-0.25, -0.2) is 0 Å². The molecule has 1 unspecified atom stereocenters. The molecule has 0 bridgehead atoms. The van der Waals surface area contributed by atoms with E-state index in [0.29, 0.717) is 6.42 Å². The minimum absolute atomic E-state index is 0.375. The summed E-state index contributed by atoms with van der Waals surface area (Å²) in [6.07, 6.45) is 10.9. The maximum atomic E-state index is 11.9. The molecule has 0 aromatic carbocycles. The second kappa shape index (κ2) is 11.5. The Kier molecular flexibility index (Phi) is 10.9. The molecule has 4 heteroatoms. The topological polar surface area (TPSA) is 63.6 Å². The Balaban J connectivity index is 3.84. The van der Waals surface area contributed by atoms with Crippen molar-refractivity contribution in [1.82, 2.24) is 0 Å². The summed E-state index contributed by atoms with van der Waals surface area (Å²) in [5.41, 5.74) is -0.636. The highest BCUT2D eigenvalue weighted by Gasteiger charge is 2.30. The Hall–Kier alpha value is -1.06. The molecule has 0 rings (SSSR count). The molecule has 0 heterocycles. The van der Waals surface area contributed by atoms with Crippen molar-refractivity contribution in [3.05, 3.63) is 0 Å². The first-order valence-electron chi connectivity index (χ1n) is 8.73. The van der Waals surface area contributed by atoms with E-state index in [1.54, 1.807) is 20.8 Å². The summed E-state index contributed by atoms with van der Waals surface area (Å²) in [6.45, 7) is 7.47. The molecule has 130 valence electrons. The summed E-state index contributed by atoms with van der Waals surface area (Å²) >= 11 is 0. The summed E-state index contributed by atoms with van der Waals surface area (Å²) in [5, 5.41) is 9.16. The molecule has 0 spiro atoms. The zero-order valence-corrected chi connectivity index (χ0v) is 14.8. The van der Waals surface area contributed by atoms with Crippen LogP contribution in [0.2, 0.25) is 0 Å². The van der Waals surface area contributed by atoms with E-state index in [-0.39, 0.29) is 0 Å². The summed E-state index contributed by atoms with van der Waals surface area (Å²) in [7, 11) is 0. The van der Waals surface area contributed by atoms with Gasteiger partial charge in [0.15, 0.2) is 5.92 Å². The SMILES string of the molecule is CCCCCCCCCCCC(C(=O)O)C(=O)OC(C)(C)C. The van der Waals surface area contributed by atoms with E-state index < -0.39 is 23.5 Å². The maximum Gasteiger partial charge on any atom is 0.320 e. The smallest absolute Gasteiger partial charge is 0.320 e. The molecule has 0 aromatic rings. The van der Waals surface area contributed by atoms with E-state index in [9.17, 15) is 9.59 Å². The fourth-order valence-electron chi connectivity index (χ4n) is 2.37. The molecule has 1 atom stereocenters. The van der Waals surface area contributed by atoms with Crippen LogP contribution in [0, 0.1) is 5.92 Å². The fourth-order valence-corrected chi connectivity index (χ4v) is 2.37. The van der Waals surface area contributed by atoms with Crippen LogP contribution in [0.25, 0.3) is 0 Å². The van der Waals surface area contributed by atoms with Gasteiger partial charge in [-0.05, 0) is 27.2 Å². The molecule has 0 aromatic heterocycles. The zero-order valence-electron chi connectivity index (χ0n) is 14.8. The predicted octanol–water partition coefficient (Wildman–Crippen LogP) is 4.95. The van der Waals surface area contributed by atoms with Gasteiger partial charge in [-0.2, -0.15) is 0 Å². The Morgan fingerprint density at radius 1 is 0.909 bits per heavy atom. The van der Waals surface area contributed by atoms with Crippen molar-refractivity contribution in [3.8, 4) is 0 Å². The number of hydrogen-bond acceptors (Lipinski definition) is 3. The van der Waals surface area contributed by atoms with Crippen LogP contribution in [0.1, 0.15) is 91.9 Å². The first-order valence-corrected chi connectivity index (χ1v) is 8.73. The van der Waals surface area contributed by atoms with Crippen LogP contribution in [0.5, 0.6) is 0 Å². The molecule has 0 saturated carbocycles. The van der Waals surface area contributed by atoms with Gasteiger partial charge in [0, 0.05) is 0 Å². The molecule has 0 aliphatic rings. The summed E-state index contributed by atoms with van der Waals surface area (Å²) in [5.74, 6) is -2.71. The molecule has 0 aliphatic heterocycles. The van der Waals surface area contributed by atoms with Crippen molar-refractivity contribution < 1.29 is 19.4 Å². The Morgan fingerprint density at radius 2 is 1.36 bits per heavy atom. The van der Waals surface area contributed by atoms with E-state index in [0.717, 1.165) is 19.3 Å². The number of carboxylic acids is 1. The lowest BCUT2D eigenvalue weighted by Crippen LogP contribution is -2.32. The van der Waals surface area contributed by atoms with Gasteiger partial charge in [-0.1, -0.05) is 64.7 Å². The van der Waals surface area contributed by atoms with Gasteiger partial charge >= 0.3 is 11.9 Å². The number of esters is 1. The number of carbonyl (C=O) groups is 2. The third-order valence-electron chi connectivity index (χ3n) is 3.59. The lowest BCUT2D eigenvalue weighted by molar-refractivity contribution is -0.167. The summed E-state index contributed by atoms with van der Waals surface area (Å²) < 4.78 is 5.17. The maximum absolute atomic E-state index is 11.9. The molecule has 0 saturated heterocycles. The number of carboxylic acid groups (broad SMARTS) is 1. The predicted molar refractivity (Wildman–Crippen MR) is 88.8 cm³/mol. The molecule has 0 radical (unpaired) electrons. The van der Waals surface area contributed by atoms with Crippen molar-refractivity contribution in [3.63, 3.8) is 0 Å². The van der Waals surface area contributed by atoms with E-state index in [4.69, 9.17) is 9.84 Å². The third kappa shape index (κ3) is 11.6. The van der Waals surface area contributed by atoms with E-state index >= 15 is 0 Å². The second-order valence-corrected chi connectivity index (χ2v) is 7.04. The van der Waals surface area contributed by atoms with Gasteiger partial charge in [-0.15, -0.1) is 0 Å². The number of aliphatic carboxylic acids is 1. The molecular formula is C18H34O4. The normalized spacial score (nSPS) is 12.9. The monoisotopic (exact) mass is 314 g/mol. The van der Waals surface area contributed by atoms with Crippen LogP contribution in [0.15, 0.2) is 0 Å². The number of unbranched alkanes of at least 4 members (excludes halogenated alkanes) is 8. The van der Waals surface area contributed by atoms with Gasteiger partial charge in [-0.3, -0.25) is 9.59 Å². The van der Waals surface area contributed by atoms with Crippen LogP contribution in [-0.4, -0.2) is 22.6 Å². The number of carbonyl (C=O) groups excluding carboxylic acids is 1. The van der Waals surface area contributed by atoms with Crippen LogP contribution in [0.3, 0.4) is 0 Å². The first-order chi connectivity index (χ1) is 10.3. The van der Waals surface area contributed by atoms with Gasteiger partial charge in [0.1, 0.15) is 5.60 Å². The molecule has 1 N–H and O–H groups in total. The largest absolute Gasteiger partial charge is 0.481 e. The standard InChI is InChI=1S/C18H34O4/c1-5-6-7-8-9-10-11-12-13-14-15(16(19)20)17(21)22-18(2,3)4/h15H,5-14H2,1-4H3,(H,19,20). The summed E-state index contributed by atoms with van der Waals surface area (Å²) in [4.78, 5) is 23.1. The minimum Gasteiger partial charge on any atom is -0.481 e. The average Bonchev–Trinajstić information content (AvgIpc) is 2.38. The van der Waals surface area contributed by atoms with Gasteiger partial charge in [0.25, 0.3) is 0 Å². The van der Waals surface area contributed by atoms with Crippen molar-refractivity contribution in [2.75, 3.05) is 0 Å². The Bertz CT molecular complexity index is 318. The van der Waals surface area contributed by atoms with E-state index in [2.05, 4.69) is 6.92 Å². The van der Waals surface area contributed by atoms with Crippen molar-refractivity contribution in [2.45, 2.75) is 97.5 Å².